The summed E-state index contributed by atoms with van der Waals surface area (Å²) in [5, 5.41) is 11.9. The van der Waals surface area contributed by atoms with Crippen molar-refractivity contribution < 1.29 is 24.2 Å². The number of aliphatic carboxylic acids is 1. The third kappa shape index (κ3) is 3.50. The minimum Gasteiger partial charge on any atom is -0.496 e. The van der Waals surface area contributed by atoms with Crippen molar-refractivity contribution in [3.8, 4) is 11.5 Å². The van der Waals surface area contributed by atoms with Crippen LogP contribution in [0.15, 0.2) is 18.2 Å². The lowest BCUT2D eigenvalue weighted by atomic mass is 9.74. The van der Waals surface area contributed by atoms with Crippen LogP contribution in [0.25, 0.3) is 0 Å². The molecule has 0 unspecified atom stereocenters. The Morgan fingerprint density at radius 1 is 1.23 bits per heavy atom. The molecule has 0 aliphatic heterocycles. The van der Waals surface area contributed by atoms with Crippen LogP contribution in [0, 0.1) is 0 Å². The fraction of sp³-hybridized carbons (Fsp3) is 0.500. The molecule has 1 aromatic carbocycles. The normalized spacial score (nSPS) is 15.5. The van der Waals surface area contributed by atoms with Gasteiger partial charge >= 0.3 is 5.97 Å². The van der Waals surface area contributed by atoms with Gasteiger partial charge in [-0.2, -0.15) is 0 Å². The highest BCUT2D eigenvalue weighted by Gasteiger charge is 2.40. The lowest BCUT2D eigenvalue weighted by Gasteiger charge is -2.41. The molecule has 2 N–H and O–H groups in total. The first-order valence-electron chi connectivity index (χ1n) is 7.22. The smallest absolute Gasteiger partial charge is 0.305 e. The highest BCUT2D eigenvalue weighted by molar-refractivity contribution is 5.82. The Morgan fingerprint density at radius 2 is 1.82 bits per heavy atom. The summed E-state index contributed by atoms with van der Waals surface area (Å²) in [6.45, 7) is 0. The molecule has 6 heteroatoms. The van der Waals surface area contributed by atoms with Gasteiger partial charge in [-0.05, 0) is 31.4 Å². The van der Waals surface area contributed by atoms with Gasteiger partial charge in [-0.3, -0.25) is 9.59 Å². The number of amides is 1. The van der Waals surface area contributed by atoms with Gasteiger partial charge in [0.15, 0.2) is 0 Å². The maximum atomic E-state index is 12.3. The largest absolute Gasteiger partial charge is 0.496 e. The first-order chi connectivity index (χ1) is 10.5. The number of methoxy groups -OCH3 is 2. The van der Waals surface area contributed by atoms with Crippen LogP contribution < -0.4 is 14.8 Å². The third-order valence-corrected chi connectivity index (χ3v) is 4.07. The molecular formula is C16H21NO5. The molecule has 0 saturated heterocycles. The van der Waals surface area contributed by atoms with Gasteiger partial charge < -0.3 is 19.9 Å². The van der Waals surface area contributed by atoms with Crippen molar-refractivity contribution in [1.82, 2.24) is 5.32 Å². The van der Waals surface area contributed by atoms with Crippen LogP contribution in [0.1, 0.15) is 31.2 Å². The summed E-state index contributed by atoms with van der Waals surface area (Å²) in [7, 11) is 3.07. The van der Waals surface area contributed by atoms with Gasteiger partial charge in [0.1, 0.15) is 11.5 Å². The van der Waals surface area contributed by atoms with Crippen LogP contribution in [0.5, 0.6) is 11.5 Å². The lowest BCUT2D eigenvalue weighted by Crippen LogP contribution is -2.55. The minimum absolute atomic E-state index is 0.0399. The molecule has 0 bridgehead atoms. The second kappa shape index (κ2) is 6.68. The van der Waals surface area contributed by atoms with Crippen molar-refractivity contribution in [2.45, 2.75) is 37.6 Å². The summed E-state index contributed by atoms with van der Waals surface area (Å²) in [5.41, 5.74) is 0.0628. The van der Waals surface area contributed by atoms with Crippen molar-refractivity contribution >= 4 is 11.9 Å². The van der Waals surface area contributed by atoms with E-state index in [0.717, 1.165) is 6.42 Å². The van der Waals surface area contributed by atoms with E-state index in [1.54, 1.807) is 18.2 Å². The summed E-state index contributed by atoms with van der Waals surface area (Å²) in [6.07, 6.45) is 2.39. The Morgan fingerprint density at radius 3 is 2.23 bits per heavy atom. The number of ether oxygens (including phenoxy) is 2. The van der Waals surface area contributed by atoms with Crippen molar-refractivity contribution in [2.75, 3.05) is 14.2 Å². The number of hydrogen-bond donors (Lipinski definition) is 2. The van der Waals surface area contributed by atoms with E-state index in [2.05, 4.69) is 5.32 Å². The molecule has 0 spiro atoms. The van der Waals surface area contributed by atoms with Crippen LogP contribution >= 0.6 is 0 Å². The van der Waals surface area contributed by atoms with Crippen molar-refractivity contribution in [3.63, 3.8) is 0 Å². The topological polar surface area (TPSA) is 84.9 Å². The first-order valence-corrected chi connectivity index (χ1v) is 7.22. The predicted molar refractivity (Wildman–Crippen MR) is 80.2 cm³/mol. The summed E-state index contributed by atoms with van der Waals surface area (Å²) in [4.78, 5) is 23.3. The molecule has 0 aromatic heterocycles. The quantitative estimate of drug-likeness (QED) is 0.802. The Bertz CT molecular complexity index is 543. The molecule has 1 aliphatic carbocycles. The molecule has 0 radical (unpaired) electrons. The molecule has 1 fully saturated rings. The van der Waals surface area contributed by atoms with Crippen molar-refractivity contribution in [3.05, 3.63) is 23.8 Å². The maximum Gasteiger partial charge on any atom is 0.305 e. The van der Waals surface area contributed by atoms with Gasteiger partial charge in [-0.15, -0.1) is 0 Å². The average Bonchev–Trinajstić information content (AvgIpc) is 2.44. The lowest BCUT2D eigenvalue weighted by molar-refractivity contribution is -0.140. The molecular weight excluding hydrogens is 286 g/mol. The zero-order valence-electron chi connectivity index (χ0n) is 12.8. The van der Waals surface area contributed by atoms with Crippen molar-refractivity contribution in [1.29, 1.82) is 0 Å². The van der Waals surface area contributed by atoms with Crippen molar-refractivity contribution in [2.24, 2.45) is 0 Å². The van der Waals surface area contributed by atoms with E-state index >= 15 is 0 Å². The minimum atomic E-state index is -0.894. The zero-order chi connectivity index (χ0) is 16.2. The zero-order valence-corrected chi connectivity index (χ0v) is 12.8. The standard InChI is InChI=1S/C16H21NO5/c1-21-12-5-3-6-13(22-2)11(12)9-14(18)17-16(7-4-8-16)10-15(19)20/h3,5-6H,4,7-10H2,1-2H3,(H,17,18)(H,19,20). The summed E-state index contributed by atoms with van der Waals surface area (Å²) in [6, 6.07) is 5.32. The molecule has 0 heterocycles. The Hall–Kier alpha value is -2.24. The van der Waals surface area contributed by atoms with Crippen LogP contribution in [-0.4, -0.2) is 36.7 Å². The summed E-state index contributed by atoms with van der Waals surface area (Å²) >= 11 is 0. The number of rotatable bonds is 7. The van der Waals surface area contributed by atoms with Crippen LogP contribution in [0.2, 0.25) is 0 Å². The van der Waals surface area contributed by atoms with Gasteiger partial charge in [0.25, 0.3) is 0 Å². The molecule has 120 valence electrons. The molecule has 2 rings (SSSR count). The predicted octanol–water partition coefficient (Wildman–Crippen LogP) is 1.76. The number of carboxylic acid groups (broad SMARTS) is 1. The first kappa shape index (κ1) is 16.1. The SMILES string of the molecule is COc1cccc(OC)c1CC(=O)NC1(CC(=O)O)CCC1. The molecule has 1 amide bonds. The number of hydrogen-bond acceptors (Lipinski definition) is 4. The van der Waals surface area contributed by atoms with Gasteiger partial charge in [-0.1, -0.05) is 6.07 Å². The third-order valence-electron chi connectivity index (χ3n) is 4.07. The second-order valence-corrected chi connectivity index (χ2v) is 5.57. The van der Waals surface area contributed by atoms with Gasteiger partial charge in [0.2, 0.25) is 5.91 Å². The van der Waals surface area contributed by atoms with E-state index in [9.17, 15) is 9.59 Å². The highest BCUT2D eigenvalue weighted by atomic mass is 16.5. The Kier molecular flexibility index (Phi) is 4.90. The fourth-order valence-electron chi connectivity index (χ4n) is 2.84. The summed E-state index contributed by atoms with van der Waals surface area (Å²) in [5.74, 6) is 0.0458. The molecule has 0 atom stereocenters. The molecule has 1 aromatic rings. The molecule has 1 aliphatic rings. The number of benzene rings is 1. The van der Waals surface area contributed by atoms with Gasteiger partial charge in [0.05, 0.1) is 32.6 Å². The van der Waals surface area contributed by atoms with E-state index in [4.69, 9.17) is 14.6 Å². The van der Waals surface area contributed by atoms with E-state index < -0.39 is 11.5 Å². The summed E-state index contributed by atoms with van der Waals surface area (Å²) < 4.78 is 10.5. The van der Waals surface area contributed by atoms with E-state index in [-0.39, 0.29) is 18.7 Å². The number of carbonyl (C=O) groups excluding carboxylic acids is 1. The van der Waals surface area contributed by atoms with E-state index in [0.29, 0.717) is 29.9 Å². The molecule has 6 nitrogen and oxygen atoms in total. The van der Waals surface area contributed by atoms with E-state index in [1.807, 2.05) is 0 Å². The maximum absolute atomic E-state index is 12.3. The van der Waals surface area contributed by atoms with Crippen LogP contribution in [-0.2, 0) is 16.0 Å². The molecule has 22 heavy (non-hydrogen) atoms. The number of carboxylic acids is 1. The number of nitrogens with one attached hydrogen (secondary N) is 1. The molecule has 1 saturated carbocycles. The van der Waals surface area contributed by atoms with E-state index in [1.165, 1.54) is 14.2 Å². The van der Waals surface area contributed by atoms with Gasteiger partial charge in [-0.25, -0.2) is 0 Å². The fourth-order valence-corrected chi connectivity index (χ4v) is 2.84. The monoisotopic (exact) mass is 307 g/mol. The number of carbonyl (C=O) groups is 2. The van der Waals surface area contributed by atoms with Crippen LogP contribution in [0.3, 0.4) is 0 Å². The second-order valence-electron chi connectivity index (χ2n) is 5.57. The highest BCUT2D eigenvalue weighted by Crippen LogP contribution is 2.35. The van der Waals surface area contributed by atoms with Gasteiger partial charge in [0, 0.05) is 5.56 Å². The Balaban J connectivity index is 2.10. The van der Waals surface area contributed by atoms with Crippen LogP contribution in [0.4, 0.5) is 0 Å². The Labute approximate surface area is 129 Å². The average molecular weight is 307 g/mol.